The van der Waals surface area contributed by atoms with Crippen molar-refractivity contribution in [3.63, 3.8) is 0 Å². The zero-order valence-corrected chi connectivity index (χ0v) is 10.0. The standard InChI is InChI=1S/C13H15F4N/c1-8-4-10(7-18-6-8)9-2-3-12(14)11(5-9)13(15,16)17/h2-3,5,8,10,18H,4,6-7H2,1H3. The Balaban J connectivity index is 2.29. The first-order valence-corrected chi connectivity index (χ1v) is 5.95. The van der Waals surface area contributed by atoms with Gasteiger partial charge in [-0.2, -0.15) is 13.2 Å². The van der Waals surface area contributed by atoms with Crippen LogP contribution < -0.4 is 5.32 Å². The van der Waals surface area contributed by atoms with Crippen LogP contribution in [-0.4, -0.2) is 13.1 Å². The summed E-state index contributed by atoms with van der Waals surface area (Å²) in [5.74, 6) is -0.762. The molecule has 1 nitrogen and oxygen atoms in total. The molecule has 5 heteroatoms. The Morgan fingerprint density at radius 2 is 1.94 bits per heavy atom. The van der Waals surface area contributed by atoms with E-state index in [9.17, 15) is 17.6 Å². The van der Waals surface area contributed by atoms with Crippen LogP contribution in [0.2, 0.25) is 0 Å². The van der Waals surface area contributed by atoms with Gasteiger partial charge in [-0.3, -0.25) is 0 Å². The number of hydrogen-bond acceptors (Lipinski definition) is 1. The van der Waals surface area contributed by atoms with E-state index in [-0.39, 0.29) is 5.92 Å². The van der Waals surface area contributed by atoms with Gasteiger partial charge in [0, 0.05) is 6.54 Å². The molecule has 0 aliphatic carbocycles. The van der Waals surface area contributed by atoms with Crippen LogP contribution in [0.3, 0.4) is 0 Å². The Labute approximate surface area is 103 Å². The normalized spacial score (nSPS) is 25.2. The molecule has 1 aromatic rings. The van der Waals surface area contributed by atoms with Crippen LogP contribution in [0.5, 0.6) is 0 Å². The van der Waals surface area contributed by atoms with Crippen LogP contribution in [0.1, 0.15) is 30.4 Å². The summed E-state index contributed by atoms with van der Waals surface area (Å²) in [5, 5.41) is 3.18. The Kier molecular flexibility index (Phi) is 3.61. The van der Waals surface area contributed by atoms with Gasteiger partial charge in [-0.05, 0) is 42.5 Å². The van der Waals surface area contributed by atoms with Crippen molar-refractivity contribution in [3.8, 4) is 0 Å². The minimum Gasteiger partial charge on any atom is -0.316 e. The average molecular weight is 261 g/mol. The fourth-order valence-corrected chi connectivity index (χ4v) is 2.42. The van der Waals surface area contributed by atoms with Crippen molar-refractivity contribution in [2.45, 2.75) is 25.4 Å². The molecule has 18 heavy (non-hydrogen) atoms. The Bertz CT molecular complexity index is 427. The molecule has 1 fully saturated rings. The topological polar surface area (TPSA) is 12.0 Å². The van der Waals surface area contributed by atoms with Gasteiger partial charge >= 0.3 is 6.18 Å². The van der Waals surface area contributed by atoms with E-state index in [0.717, 1.165) is 25.1 Å². The van der Waals surface area contributed by atoms with Crippen molar-refractivity contribution >= 4 is 0 Å². The van der Waals surface area contributed by atoms with Crippen molar-refractivity contribution in [3.05, 3.63) is 35.1 Å². The van der Waals surface area contributed by atoms with Gasteiger partial charge < -0.3 is 5.32 Å². The monoisotopic (exact) mass is 261 g/mol. The lowest BCUT2D eigenvalue weighted by Crippen LogP contribution is -2.33. The predicted octanol–water partition coefficient (Wildman–Crippen LogP) is 3.56. The van der Waals surface area contributed by atoms with Crippen LogP contribution in [-0.2, 0) is 6.18 Å². The lowest BCUT2D eigenvalue weighted by Gasteiger charge is -2.28. The molecule has 0 amide bonds. The van der Waals surface area contributed by atoms with Crippen molar-refractivity contribution < 1.29 is 17.6 Å². The number of nitrogens with one attached hydrogen (secondary N) is 1. The maximum absolute atomic E-state index is 13.2. The molecule has 2 rings (SSSR count). The van der Waals surface area contributed by atoms with E-state index in [1.54, 1.807) is 0 Å². The number of halogens is 4. The summed E-state index contributed by atoms with van der Waals surface area (Å²) < 4.78 is 51.0. The molecule has 0 bridgehead atoms. The molecule has 1 N–H and O–H groups in total. The minimum atomic E-state index is -4.63. The lowest BCUT2D eigenvalue weighted by atomic mass is 9.86. The molecule has 0 radical (unpaired) electrons. The van der Waals surface area contributed by atoms with Gasteiger partial charge in [0.2, 0.25) is 0 Å². The maximum atomic E-state index is 13.2. The van der Waals surface area contributed by atoms with Gasteiger partial charge in [0.1, 0.15) is 5.82 Å². The molecule has 100 valence electrons. The molecule has 0 aromatic heterocycles. The summed E-state index contributed by atoms with van der Waals surface area (Å²) >= 11 is 0. The molecule has 1 aliphatic heterocycles. The van der Waals surface area contributed by atoms with E-state index in [4.69, 9.17) is 0 Å². The summed E-state index contributed by atoms with van der Waals surface area (Å²) in [6.07, 6.45) is -3.80. The summed E-state index contributed by atoms with van der Waals surface area (Å²) in [4.78, 5) is 0. The molecule has 1 heterocycles. The molecule has 1 aromatic carbocycles. The van der Waals surface area contributed by atoms with Crippen LogP contribution in [0.4, 0.5) is 17.6 Å². The molecular formula is C13H15F4N. The van der Waals surface area contributed by atoms with Gasteiger partial charge in [0.15, 0.2) is 0 Å². The first kappa shape index (κ1) is 13.3. The Morgan fingerprint density at radius 1 is 1.22 bits per heavy atom. The SMILES string of the molecule is CC1CNCC(c2ccc(F)c(C(F)(F)F)c2)C1. The van der Waals surface area contributed by atoms with Crippen LogP contribution >= 0.6 is 0 Å². The third-order valence-electron chi connectivity index (χ3n) is 3.34. The average Bonchev–Trinajstić information content (AvgIpc) is 2.28. The molecule has 0 saturated carbocycles. The fraction of sp³-hybridized carbons (Fsp3) is 0.538. The van der Waals surface area contributed by atoms with Gasteiger partial charge in [-0.25, -0.2) is 4.39 Å². The molecule has 2 unspecified atom stereocenters. The zero-order chi connectivity index (χ0) is 13.3. The van der Waals surface area contributed by atoms with E-state index in [1.165, 1.54) is 6.07 Å². The maximum Gasteiger partial charge on any atom is 0.419 e. The van der Waals surface area contributed by atoms with Gasteiger partial charge in [0.25, 0.3) is 0 Å². The predicted molar refractivity (Wildman–Crippen MR) is 60.8 cm³/mol. The Morgan fingerprint density at radius 3 is 2.56 bits per heavy atom. The smallest absolute Gasteiger partial charge is 0.316 e. The van der Waals surface area contributed by atoms with Crippen LogP contribution in [0, 0.1) is 11.7 Å². The van der Waals surface area contributed by atoms with E-state index in [1.807, 2.05) is 6.92 Å². The van der Waals surface area contributed by atoms with Gasteiger partial charge in [-0.15, -0.1) is 0 Å². The quantitative estimate of drug-likeness (QED) is 0.762. The highest BCUT2D eigenvalue weighted by atomic mass is 19.4. The molecule has 0 spiro atoms. The molecule has 1 aliphatic rings. The summed E-state index contributed by atoms with van der Waals surface area (Å²) in [7, 11) is 0. The second-order valence-corrected chi connectivity index (χ2v) is 4.93. The van der Waals surface area contributed by atoms with Crippen molar-refractivity contribution in [1.82, 2.24) is 5.32 Å². The van der Waals surface area contributed by atoms with Crippen molar-refractivity contribution in [2.24, 2.45) is 5.92 Å². The highest BCUT2D eigenvalue weighted by molar-refractivity contribution is 5.30. The van der Waals surface area contributed by atoms with E-state index >= 15 is 0 Å². The number of benzene rings is 1. The third kappa shape index (κ3) is 2.83. The lowest BCUT2D eigenvalue weighted by molar-refractivity contribution is -0.140. The molecule has 2 atom stereocenters. The fourth-order valence-electron chi connectivity index (χ4n) is 2.42. The van der Waals surface area contributed by atoms with Gasteiger partial charge in [-0.1, -0.05) is 13.0 Å². The first-order valence-electron chi connectivity index (χ1n) is 5.95. The number of rotatable bonds is 1. The van der Waals surface area contributed by atoms with Crippen LogP contribution in [0.15, 0.2) is 18.2 Å². The van der Waals surface area contributed by atoms with Crippen molar-refractivity contribution in [2.75, 3.05) is 13.1 Å². The highest BCUT2D eigenvalue weighted by Crippen LogP contribution is 2.35. The Hall–Kier alpha value is -1.10. The molecule has 1 saturated heterocycles. The summed E-state index contributed by atoms with van der Waals surface area (Å²) in [6.45, 7) is 3.57. The second-order valence-electron chi connectivity index (χ2n) is 4.93. The summed E-state index contributed by atoms with van der Waals surface area (Å²) in [5.41, 5.74) is -0.610. The third-order valence-corrected chi connectivity index (χ3v) is 3.34. The minimum absolute atomic E-state index is 0.0236. The van der Waals surface area contributed by atoms with Crippen LogP contribution in [0.25, 0.3) is 0 Å². The first-order chi connectivity index (χ1) is 8.38. The summed E-state index contributed by atoms with van der Waals surface area (Å²) in [6, 6.07) is 3.31. The molecular weight excluding hydrogens is 246 g/mol. The zero-order valence-electron chi connectivity index (χ0n) is 10.0. The van der Waals surface area contributed by atoms with E-state index in [2.05, 4.69) is 5.32 Å². The van der Waals surface area contributed by atoms with Gasteiger partial charge in [0.05, 0.1) is 5.56 Å². The highest BCUT2D eigenvalue weighted by Gasteiger charge is 2.35. The number of hydrogen-bond donors (Lipinski definition) is 1. The second kappa shape index (κ2) is 4.88. The number of piperidine rings is 1. The van der Waals surface area contributed by atoms with E-state index in [0.29, 0.717) is 18.0 Å². The van der Waals surface area contributed by atoms with E-state index < -0.39 is 17.6 Å². The largest absolute Gasteiger partial charge is 0.419 e. The number of alkyl halides is 3. The van der Waals surface area contributed by atoms with Crippen molar-refractivity contribution in [1.29, 1.82) is 0 Å².